The summed E-state index contributed by atoms with van der Waals surface area (Å²) in [5, 5.41) is 2.00. The van der Waals surface area contributed by atoms with Gasteiger partial charge in [-0.05, 0) is 48.4 Å². The summed E-state index contributed by atoms with van der Waals surface area (Å²) >= 11 is -1.98. The molecule has 10 rings (SSSR count). The van der Waals surface area contributed by atoms with Crippen LogP contribution in [0.3, 0.4) is 0 Å². The molecule has 5 aromatic heterocycles. The van der Waals surface area contributed by atoms with E-state index in [0.717, 1.165) is 80.1 Å². The van der Waals surface area contributed by atoms with Crippen molar-refractivity contribution in [2.75, 3.05) is 0 Å². The van der Waals surface area contributed by atoms with Gasteiger partial charge in [0, 0.05) is 48.4 Å². The van der Waals surface area contributed by atoms with Crippen LogP contribution in [0.15, 0.2) is 144 Å². The Hall–Kier alpha value is -5.60. The van der Waals surface area contributed by atoms with Gasteiger partial charge in [0.15, 0.2) is 0 Å². The molecule has 335 valence electrons. The molecule has 4 aromatic carbocycles. The number of aromatic nitrogens is 4. The summed E-state index contributed by atoms with van der Waals surface area (Å²) in [6, 6.07) is 49.3. The van der Waals surface area contributed by atoms with E-state index in [2.05, 4.69) is 121 Å². The van der Waals surface area contributed by atoms with Crippen LogP contribution in [-0.4, -0.2) is 33.2 Å². The number of aryl methyl sites for hydroxylation is 1. The minimum atomic E-state index is -1.98. The van der Waals surface area contributed by atoms with E-state index in [1.54, 1.807) is 19.1 Å². The fraction of sp³-hybridized carbons (Fsp3) is 0.241. The molecular weight excluding hydrogens is 1050 g/mol. The van der Waals surface area contributed by atoms with Crippen molar-refractivity contribution in [3.63, 3.8) is 0 Å². The molecule has 1 saturated carbocycles. The Morgan fingerprint density at radius 3 is 2.12 bits per heavy atom. The molecule has 66 heavy (non-hydrogen) atoms. The van der Waals surface area contributed by atoms with E-state index in [9.17, 15) is 4.39 Å². The molecule has 0 N–H and O–H groups in total. The second-order valence-corrected chi connectivity index (χ2v) is 29.5. The van der Waals surface area contributed by atoms with Gasteiger partial charge < -0.3 is 9.40 Å². The molecule has 0 spiro atoms. The first-order valence-corrected chi connectivity index (χ1v) is 30.3. The van der Waals surface area contributed by atoms with Crippen molar-refractivity contribution < 1.29 is 28.9 Å². The summed E-state index contributed by atoms with van der Waals surface area (Å²) in [5.74, 6) is 8.26. The third-order valence-electron chi connectivity index (χ3n) is 12.5. The average Bonchev–Trinajstić information content (AvgIpc) is 3.97. The maximum atomic E-state index is 14.4. The number of nitrogens with zero attached hydrogens (tertiary/aromatic N) is 4. The second kappa shape index (κ2) is 20.5. The molecule has 1 aliphatic rings. The maximum absolute atomic E-state index is 14.4. The van der Waals surface area contributed by atoms with Crippen LogP contribution >= 0.6 is 0 Å². The van der Waals surface area contributed by atoms with E-state index in [1.807, 2.05) is 54.9 Å². The van der Waals surface area contributed by atoms with Crippen LogP contribution < -0.4 is 4.40 Å². The molecular formula is C58H55FGeIrN4O-2. The minimum absolute atomic E-state index is 0. The van der Waals surface area contributed by atoms with Crippen LogP contribution in [-0.2, 0) is 32.9 Å². The summed E-state index contributed by atoms with van der Waals surface area (Å²) in [4.78, 5) is 19.5. The van der Waals surface area contributed by atoms with Gasteiger partial charge in [0.25, 0.3) is 0 Å². The normalized spacial score (nSPS) is 12.9. The molecule has 1 aliphatic carbocycles. The van der Waals surface area contributed by atoms with Crippen LogP contribution in [0.25, 0.3) is 78.4 Å². The van der Waals surface area contributed by atoms with Gasteiger partial charge in [0.2, 0.25) is 5.71 Å². The number of fused-ring (bicyclic) bond motifs is 3. The van der Waals surface area contributed by atoms with Crippen LogP contribution in [0.4, 0.5) is 4.39 Å². The van der Waals surface area contributed by atoms with Gasteiger partial charge in [0.05, 0.1) is 22.7 Å². The number of pyridine rings is 4. The zero-order valence-corrected chi connectivity index (χ0v) is 43.1. The summed E-state index contributed by atoms with van der Waals surface area (Å²) in [6.07, 6.45) is 11.4. The van der Waals surface area contributed by atoms with Crippen molar-refractivity contribution in [1.29, 1.82) is 0 Å². The number of hydrogen-bond donors (Lipinski definition) is 0. The second-order valence-electron chi connectivity index (χ2n) is 18.9. The number of halogens is 1. The number of furan rings is 1. The monoisotopic (exact) mass is 1110 g/mol. The van der Waals surface area contributed by atoms with Crippen molar-refractivity contribution >= 4 is 39.7 Å². The predicted molar refractivity (Wildman–Crippen MR) is 268 cm³/mol. The first-order valence-electron chi connectivity index (χ1n) is 23.0. The van der Waals surface area contributed by atoms with Gasteiger partial charge in [-0.15, -0.1) is 18.2 Å². The number of rotatable bonds is 10. The quantitative estimate of drug-likeness (QED) is 0.101. The molecule has 8 heteroatoms. The summed E-state index contributed by atoms with van der Waals surface area (Å²) in [7, 11) is 0. The third-order valence-corrected chi connectivity index (χ3v) is 16.8. The van der Waals surface area contributed by atoms with Crippen LogP contribution in [0.5, 0.6) is 0 Å². The molecule has 1 radical (unpaired) electrons. The summed E-state index contributed by atoms with van der Waals surface area (Å²) < 4.78 is 22.3. The van der Waals surface area contributed by atoms with Crippen molar-refractivity contribution in [2.45, 2.75) is 76.6 Å². The van der Waals surface area contributed by atoms with Crippen molar-refractivity contribution in [3.05, 3.63) is 174 Å². The topological polar surface area (TPSA) is 64.7 Å². The van der Waals surface area contributed by atoms with E-state index in [-0.39, 0.29) is 25.9 Å². The van der Waals surface area contributed by atoms with E-state index < -0.39 is 13.3 Å². The summed E-state index contributed by atoms with van der Waals surface area (Å²) in [6.45, 7) is 6.22. The Morgan fingerprint density at radius 2 is 1.39 bits per heavy atom. The molecule has 0 unspecified atom stereocenters. The molecule has 9 aromatic rings. The standard InChI is InChI=1S/C39H30N3O.C19H25FGeN.Ir/c1-3-12-28(13-4-1)34-20-19-32(37(41-34)29-14-5-2-6-15-29)35-21-18-31-30-16-9-17-33(38(30)43-39(31)42-35)36-25-27(22-23-40-36)24-26-10-7-8-11-26;1-13(2)10-15-11-18(22-12-17(15)21(4,5)6)16-9-7-8-14(3)19(16)20;/h1-6,9,12-16,18-23,25-26H,7-8,10-11,24H2;7-8,11-13H,10H2,1-6H3;/q2*-1;. The zero-order chi connectivity index (χ0) is 45.1. The maximum Gasteiger partial charge on any atom is 0.216 e. The van der Waals surface area contributed by atoms with E-state index in [1.165, 1.54) is 41.2 Å². The van der Waals surface area contributed by atoms with Gasteiger partial charge >= 0.3 is 136 Å². The average molecular weight is 1110 g/mol. The Morgan fingerprint density at radius 1 is 0.712 bits per heavy atom. The van der Waals surface area contributed by atoms with Crippen molar-refractivity contribution in [2.24, 2.45) is 11.8 Å². The smallest absolute Gasteiger partial charge is 0.216 e. The molecule has 5 nitrogen and oxygen atoms in total. The van der Waals surface area contributed by atoms with Crippen LogP contribution in [0, 0.1) is 36.7 Å². The van der Waals surface area contributed by atoms with E-state index in [4.69, 9.17) is 19.4 Å². The Kier molecular flexibility index (Phi) is 14.6. The SMILES string of the molecule is Cc1cc[c-]c(-c2cc(CC(C)C)[c]([Ge]([CH3])([CH3])[CH3])cn2)c1F.[Ir].[c-]1ccc2c(oc3nc(-c4ccc(-c5ccccc5)nc4-c4ccccc4)ccc32)c1-c1cc(CC2CCCC2)ccn1. The molecule has 0 aliphatic heterocycles. The number of benzene rings is 4. The van der Waals surface area contributed by atoms with Crippen LogP contribution in [0.1, 0.15) is 56.2 Å². The summed E-state index contributed by atoms with van der Waals surface area (Å²) in [5.41, 5.74) is 13.4. The predicted octanol–water partition coefficient (Wildman–Crippen LogP) is 14.7. The van der Waals surface area contributed by atoms with Gasteiger partial charge in [-0.1, -0.05) is 109 Å². The third kappa shape index (κ3) is 10.3. The van der Waals surface area contributed by atoms with E-state index in [0.29, 0.717) is 28.5 Å². The molecule has 5 heterocycles. The largest absolute Gasteiger partial charge is 0.486 e. The molecule has 0 atom stereocenters. The van der Waals surface area contributed by atoms with Gasteiger partial charge in [-0.2, -0.15) is 0 Å². The zero-order valence-electron chi connectivity index (χ0n) is 38.6. The van der Waals surface area contributed by atoms with Crippen molar-refractivity contribution in [3.8, 4) is 56.3 Å². The molecule has 0 bridgehead atoms. The van der Waals surface area contributed by atoms with Gasteiger partial charge in [0.1, 0.15) is 0 Å². The first kappa shape index (κ1) is 46.9. The fourth-order valence-electron chi connectivity index (χ4n) is 9.19. The molecule has 1 fully saturated rings. The first-order chi connectivity index (χ1) is 31.5. The van der Waals surface area contributed by atoms with Crippen LogP contribution in [0.2, 0.25) is 17.3 Å². The molecule has 0 amide bonds. The minimum Gasteiger partial charge on any atom is -0.486 e. The fourth-order valence-corrected chi connectivity index (χ4v) is 12.5. The molecule has 0 saturated heterocycles. The van der Waals surface area contributed by atoms with E-state index >= 15 is 0 Å². The Labute approximate surface area is 405 Å². The number of hydrogen-bond acceptors (Lipinski definition) is 5. The Bertz CT molecular complexity index is 3100. The van der Waals surface area contributed by atoms with Gasteiger partial charge in [-0.25, -0.2) is 9.97 Å². The van der Waals surface area contributed by atoms with Gasteiger partial charge in [-0.3, -0.25) is 0 Å². The Balaban J connectivity index is 0.000000219. The van der Waals surface area contributed by atoms with Crippen molar-refractivity contribution in [1.82, 2.24) is 19.9 Å².